The number of rotatable bonds is 9. The van der Waals surface area contributed by atoms with Crippen LogP contribution in [0.4, 0.5) is 0 Å². The number of carbonyl (C=O) groups excluding carboxylic acids is 1. The second-order valence-corrected chi connectivity index (χ2v) is 6.01. The second-order valence-electron chi connectivity index (χ2n) is 5.58. The Bertz CT molecular complexity index is 789. The van der Waals surface area contributed by atoms with Crippen molar-refractivity contribution in [3.05, 3.63) is 64.7 Å². The van der Waals surface area contributed by atoms with E-state index in [0.717, 1.165) is 5.56 Å². The highest BCUT2D eigenvalue weighted by molar-refractivity contribution is 6.30. The van der Waals surface area contributed by atoms with Gasteiger partial charge in [-0.1, -0.05) is 29.8 Å². The summed E-state index contributed by atoms with van der Waals surface area (Å²) in [5, 5.41) is 21.8. The highest BCUT2D eigenvalue weighted by Crippen LogP contribution is 2.32. The summed E-state index contributed by atoms with van der Waals surface area (Å²) in [6.07, 6.45) is 1.47. The third-order valence-corrected chi connectivity index (χ3v) is 3.95. The minimum absolute atomic E-state index is 0.0159. The highest BCUT2D eigenvalue weighted by atomic mass is 35.5. The minimum Gasteiger partial charge on any atom is -0.504 e. The van der Waals surface area contributed by atoms with E-state index in [-0.39, 0.29) is 24.9 Å². The molecule has 0 saturated heterocycles. The third-order valence-electron chi connectivity index (χ3n) is 3.70. The van der Waals surface area contributed by atoms with E-state index in [2.05, 4.69) is 5.32 Å². The standard InChI is InChI=1S/C20H22ClNO5/c1-26-19-12-15(4-7-18(19)24)17(14-2-5-16(21)6-3-14)13-20(25)22-8-10-27-11-9-23/h2-7,12-13,23-24H,8-11H2,1H3,(H,22,25)/b17-13+. The number of hydrogen-bond acceptors (Lipinski definition) is 5. The predicted molar refractivity (Wildman–Crippen MR) is 104 cm³/mol. The van der Waals surface area contributed by atoms with E-state index in [4.69, 9.17) is 26.2 Å². The number of carbonyl (C=O) groups is 1. The molecule has 1 amide bonds. The third kappa shape index (κ3) is 6.29. The van der Waals surface area contributed by atoms with Crippen molar-refractivity contribution in [3.8, 4) is 11.5 Å². The number of ether oxygens (including phenoxy) is 2. The smallest absolute Gasteiger partial charge is 0.244 e. The van der Waals surface area contributed by atoms with Gasteiger partial charge >= 0.3 is 0 Å². The van der Waals surface area contributed by atoms with Gasteiger partial charge in [0, 0.05) is 17.6 Å². The summed E-state index contributed by atoms with van der Waals surface area (Å²) >= 11 is 5.96. The van der Waals surface area contributed by atoms with E-state index in [9.17, 15) is 9.90 Å². The van der Waals surface area contributed by atoms with Gasteiger partial charge in [-0.2, -0.15) is 0 Å². The van der Waals surface area contributed by atoms with E-state index in [0.29, 0.717) is 35.1 Å². The van der Waals surface area contributed by atoms with Crippen LogP contribution in [0.1, 0.15) is 11.1 Å². The Morgan fingerprint density at radius 3 is 2.52 bits per heavy atom. The molecule has 0 aliphatic heterocycles. The number of methoxy groups -OCH3 is 1. The molecule has 3 N–H and O–H groups in total. The first-order chi connectivity index (χ1) is 13.0. The molecule has 2 rings (SSSR count). The van der Waals surface area contributed by atoms with Crippen molar-refractivity contribution in [1.29, 1.82) is 0 Å². The maximum Gasteiger partial charge on any atom is 0.244 e. The summed E-state index contributed by atoms with van der Waals surface area (Å²) in [6.45, 7) is 0.803. The summed E-state index contributed by atoms with van der Waals surface area (Å²) in [7, 11) is 1.46. The molecule has 0 aliphatic rings. The van der Waals surface area contributed by atoms with Gasteiger partial charge in [-0.3, -0.25) is 4.79 Å². The first kappa shape index (κ1) is 20.8. The number of hydrogen-bond donors (Lipinski definition) is 3. The SMILES string of the molecule is COc1cc(/C(=C/C(=O)NCCOCCO)c2ccc(Cl)cc2)ccc1O. The van der Waals surface area contributed by atoms with Crippen LogP contribution in [0, 0.1) is 0 Å². The maximum atomic E-state index is 12.3. The zero-order valence-corrected chi connectivity index (χ0v) is 15.7. The molecule has 0 aromatic heterocycles. The van der Waals surface area contributed by atoms with Crippen molar-refractivity contribution < 1.29 is 24.5 Å². The fourth-order valence-corrected chi connectivity index (χ4v) is 2.53. The summed E-state index contributed by atoms with van der Waals surface area (Å²) in [4.78, 5) is 12.3. The molecule has 0 spiro atoms. The van der Waals surface area contributed by atoms with Crippen LogP contribution in [-0.4, -0.2) is 49.6 Å². The summed E-state index contributed by atoms with van der Waals surface area (Å²) in [5.41, 5.74) is 2.15. The molecule has 0 heterocycles. The number of aromatic hydroxyl groups is 1. The lowest BCUT2D eigenvalue weighted by atomic mass is 9.97. The lowest BCUT2D eigenvalue weighted by molar-refractivity contribution is -0.116. The van der Waals surface area contributed by atoms with Gasteiger partial charge in [0.05, 0.1) is 26.9 Å². The fourth-order valence-electron chi connectivity index (χ4n) is 2.40. The van der Waals surface area contributed by atoms with Crippen molar-refractivity contribution in [1.82, 2.24) is 5.32 Å². The Labute approximate surface area is 163 Å². The Morgan fingerprint density at radius 1 is 1.15 bits per heavy atom. The molecular weight excluding hydrogens is 370 g/mol. The maximum absolute atomic E-state index is 12.3. The molecule has 144 valence electrons. The Morgan fingerprint density at radius 2 is 1.85 bits per heavy atom. The number of aliphatic hydroxyl groups is 1. The van der Waals surface area contributed by atoms with Gasteiger partial charge in [-0.25, -0.2) is 0 Å². The zero-order valence-electron chi connectivity index (χ0n) is 14.9. The normalized spacial score (nSPS) is 11.3. The number of amides is 1. The van der Waals surface area contributed by atoms with Crippen LogP contribution >= 0.6 is 11.6 Å². The van der Waals surface area contributed by atoms with Crippen molar-refractivity contribution in [3.63, 3.8) is 0 Å². The average Bonchev–Trinajstić information content (AvgIpc) is 2.67. The molecule has 2 aromatic carbocycles. The van der Waals surface area contributed by atoms with Gasteiger partial charge in [0.1, 0.15) is 0 Å². The second kappa shape index (κ2) is 10.6. The Balaban J connectivity index is 2.27. The largest absolute Gasteiger partial charge is 0.504 e. The van der Waals surface area contributed by atoms with E-state index >= 15 is 0 Å². The van der Waals surface area contributed by atoms with Crippen LogP contribution < -0.4 is 10.1 Å². The number of aliphatic hydroxyl groups excluding tert-OH is 1. The van der Waals surface area contributed by atoms with Crippen LogP contribution in [-0.2, 0) is 9.53 Å². The Hall–Kier alpha value is -2.54. The number of nitrogens with one attached hydrogen (secondary N) is 1. The molecule has 27 heavy (non-hydrogen) atoms. The topological polar surface area (TPSA) is 88.0 Å². The van der Waals surface area contributed by atoms with Crippen LogP contribution in [0.15, 0.2) is 48.5 Å². The first-order valence-corrected chi connectivity index (χ1v) is 8.74. The van der Waals surface area contributed by atoms with Crippen LogP contribution in [0.25, 0.3) is 5.57 Å². The van der Waals surface area contributed by atoms with Crippen LogP contribution in [0.2, 0.25) is 5.02 Å². The summed E-state index contributed by atoms with van der Waals surface area (Å²) in [5.74, 6) is 0.0342. The van der Waals surface area contributed by atoms with Gasteiger partial charge in [-0.15, -0.1) is 0 Å². The lowest BCUT2D eigenvalue weighted by Gasteiger charge is -2.12. The molecule has 6 nitrogen and oxygen atoms in total. The molecule has 0 fully saturated rings. The van der Waals surface area contributed by atoms with Crippen molar-refractivity contribution in [2.24, 2.45) is 0 Å². The van der Waals surface area contributed by atoms with Crippen LogP contribution in [0.3, 0.4) is 0 Å². The van der Waals surface area contributed by atoms with Crippen LogP contribution in [0.5, 0.6) is 11.5 Å². The first-order valence-electron chi connectivity index (χ1n) is 8.36. The zero-order chi connectivity index (χ0) is 19.6. The van der Waals surface area contributed by atoms with Gasteiger partial charge in [0.2, 0.25) is 5.91 Å². The Kier molecular flexibility index (Phi) is 8.13. The number of halogens is 1. The van der Waals surface area contributed by atoms with Gasteiger partial charge < -0.3 is 25.0 Å². The minimum atomic E-state index is -0.292. The van der Waals surface area contributed by atoms with Gasteiger partial charge in [-0.05, 0) is 41.0 Å². The predicted octanol–water partition coefficient (Wildman–Crippen LogP) is 2.61. The van der Waals surface area contributed by atoms with E-state index in [1.165, 1.54) is 19.3 Å². The van der Waals surface area contributed by atoms with Gasteiger partial charge in [0.25, 0.3) is 0 Å². The summed E-state index contributed by atoms with van der Waals surface area (Å²) in [6, 6.07) is 12.0. The molecule has 0 atom stereocenters. The van der Waals surface area contributed by atoms with Crippen molar-refractivity contribution in [2.45, 2.75) is 0 Å². The van der Waals surface area contributed by atoms with Crippen molar-refractivity contribution in [2.75, 3.05) is 33.5 Å². The molecule has 0 saturated carbocycles. The average molecular weight is 392 g/mol. The monoisotopic (exact) mass is 391 g/mol. The van der Waals surface area contributed by atoms with E-state index in [1.54, 1.807) is 24.3 Å². The lowest BCUT2D eigenvalue weighted by Crippen LogP contribution is -2.26. The summed E-state index contributed by atoms with van der Waals surface area (Å²) < 4.78 is 10.3. The quantitative estimate of drug-likeness (QED) is 0.451. The molecule has 2 aromatic rings. The molecular formula is C20H22ClNO5. The number of phenolic OH excluding ortho intramolecular Hbond substituents is 1. The molecule has 0 unspecified atom stereocenters. The fraction of sp³-hybridized carbons (Fsp3) is 0.250. The highest BCUT2D eigenvalue weighted by Gasteiger charge is 2.11. The number of benzene rings is 2. The molecule has 0 bridgehead atoms. The van der Waals surface area contributed by atoms with Crippen molar-refractivity contribution >= 4 is 23.1 Å². The molecule has 0 aliphatic carbocycles. The molecule has 7 heteroatoms. The molecule has 0 radical (unpaired) electrons. The van der Waals surface area contributed by atoms with E-state index in [1.807, 2.05) is 12.1 Å². The number of phenols is 1. The van der Waals surface area contributed by atoms with Gasteiger partial charge in [0.15, 0.2) is 11.5 Å². The van der Waals surface area contributed by atoms with E-state index < -0.39 is 0 Å².